The number of nitrogens with zero attached hydrogens (tertiary/aromatic N) is 1. The molecule has 0 fully saturated rings. The fraction of sp³-hybridized carbons (Fsp3) is 0.476. The molecule has 2 aromatic carbocycles. The van der Waals surface area contributed by atoms with Crippen molar-refractivity contribution in [3.63, 3.8) is 0 Å². The minimum Gasteiger partial charge on any atom is -0.545 e. The average Bonchev–Trinajstić information content (AvgIpc) is 2.33. The Morgan fingerprint density at radius 1 is 0.958 bits per heavy atom. The Bertz CT molecular complexity index is 778. The van der Waals surface area contributed by atoms with Gasteiger partial charge in [0.15, 0.2) is 0 Å². The lowest BCUT2D eigenvalue weighted by Gasteiger charge is -2.47. The lowest BCUT2D eigenvalue weighted by Crippen LogP contribution is -2.53. The van der Waals surface area contributed by atoms with Crippen LogP contribution in [0.2, 0.25) is 0 Å². The zero-order chi connectivity index (χ0) is 18.4. The summed E-state index contributed by atoms with van der Waals surface area (Å²) in [4.78, 5) is 13.8. The standard InChI is InChI=1S/C21H29NO2/c1-13-11-15-12-16(22(20(3,4)5)21(6,7)8)9-10-17(15)14(2)18(13)19(23)24/h9-12H,1-8H3,(H,23,24)/p-1. The molecule has 0 N–H and O–H groups in total. The van der Waals surface area contributed by atoms with E-state index in [0.29, 0.717) is 5.56 Å². The molecule has 3 nitrogen and oxygen atoms in total. The quantitative estimate of drug-likeness (QED) is 0.830. The van der Waals surface area contributed by atoms with Crippen molar-refractivity contribution < 1.29 is 9.90 Å². The summed E-state index contributed by atoms with van der Waals surface area (Å²) in [7, 11) is 0. The van der Waals surface area contributed by atoms with Crippen LogP contribution in [0.1, 0.15) is 63.0 Å². The van der Waals surface area contributed by atoms with Crippen LogP contribution < -0.4 is 10.0 Å². The van der Waals surface area contributed by atoms with Gasteiger partial charge in [0, 0.05) is 22.3 Å². The van der Waals surface area contributed by atoms with E-state index in [2.05, 4.69) is 58.6 Å². The second-order valence-electron chi connectivity index (χ2n) is 8.56. The molecule has 0 spiro atoms. The summed E-state index contributed by atoms with van der Waals surface area (Å²) in [6.45, 7) is 16.9. The highest BCUT2D eigenvalue weighted by Crippen LogP contribution is 2.35. The Labute approximate surface area is 145 Å². The van der Waals surface area contributed by atoms with E-state index in [-0.39, 0.29) is 11.1 Å². The van der Waals surface area contributed by atoms with Gasteiger partial charge in [-0.3, -0.25) is 0 Å². The topological polar surface area (TPSA) is 43.4 Å². The molecule has 24 heavy (non-hydrogen) atoms. The first-order chi connectivity index (χ1) is 10.8. The van der Waals surface area contributed by atoms with Gasteiger partial charge in [-0.25, -0.2) is 0 Å². The number of benzene rings is 2. The SMILES string of the molecule is Cc1cc2cc(N(C(C)(C)C)C(C)(C)C)ccc2c(C)c1C(=O)[O-]. The molecule has 0 saturated carbocycles. The van der Waals surface area contributed by atoms with Crippen molar-refractivity contribution in [2.24, 2.45) is 0 Å². The number of rotatable bonds is 2. The lowest BCUT2D eigenvalue weighted by molar-refractivity contribution is -0.255. The maximum absolute atomic E-state index is 11.4. The molecule has 0 aliphatic rings. The van der Waals surface area contributed by atoms with E-state index in [0.717, 1.165) is 27.6 Å². The van der Waals surface area contributed by atoms with Crippen molar-refractivity contribution in [2.45, 2.75) is 66.5 Å². The second-order valence-corrected chi connectivity index (χ2v) is 8.56. The summed E-state index contributed by atoms with van der Waals surface area (Å²) in [6, 6.07) is 8.21. The normalized spacial score (nSPS) is 12.5. The molecule has 3 heteroatoms. The first-order valence-electron chi connectivity index (χ1n) is 8.39. The van der Waals surface area contributed by atoms with Crippen LogP contribution in [-0.2, 0) is 0 Å². The van der Waals surface area contributed by atoms with Crippen molar-refractivity contribution in [3.8, 4) is 0 Å². The third-order valence-electron chi connectivity index (χ3n) is 4.38. The minimum absolute atomic E-state index is 0.0268. The summed E-state index contributed by atoms with van der Waals surface area (Å²) in [5.41, 5.74) is 2.91. The zero-order valence-corrected chi connectivity index (χ0v) is 16.1. The molecule has 0 saturated heterocycles. The molecule has 0 aliphatic carbocycles. The van der Waals surface area contributed by atoms with Gasteiger partial charge in [0.2, 0.25) is 0 Å². The van der Waals surface area contributed by atoms with Crippen LogP contribution in [0.25, 0.3) is 10.8 Å². The first-order valence-corrected chi connectivity index (χ1v) is 8.39. The van der Waals surface area contributed by atoms with Crippen LogP contribution in [0.15, 0.2) is 24.3 Å². The van der Waals surface area contributed by atoms with E-state index < -0.39 is 5.97 Å². The predicted octanol–water partition coefficient (Wildman–Crippen LogP) is 4.22. The molecule has 2 aromatic rings. The van der Waals surface area contributed by atoms with Gasteiger partial charge in [0.05, 0.1) is 5.97 Å². The van der Waals surface area contributed by atoms with E-state index in [1.807, 2.05) is 26.0 Å². The molecule has 2 rings (SSSR count). The molecule has 130 valence electrons. The summed E-state index contributed by atoms with van der Waals surface area (Å²) in [5, 5.41) is 13.4. The highest BCUT2D eigenvalue weighted by atomic mass is 16.4. The molecule has 0 unspecified atom stereocenters. The number of anilines is 1. The molecular formula is C21H28NO2-. The van der Waals surface area contributed by atoms with Gasteiger partial charge in [-0.05, 0) is 89.4 Å². The van der Waals surface area contributed by atoms with Gasteiger partial charge < -0.3 is 14.8 Å². The number of aromatic carboxylic acids is 1. The van der Waals surface area contributed by atoms with Gasteiger partial charge in [-0.1, -0.05) is 12.1 Å². The number of fused-ring (bicyclic) bond motifs is 1. The van der Waals surface area contributed by atoms with Gasteiger partial charge in [0.25, 0.3) is 0 Å². The summed E-state index contributed by atoms with van der Waals surface area (Å²) in [6.07, 6.45) is 0. The van der Waals surface area contributed by atoms with E-state index in [4.69, 9.17) is 0 Å². The minimum atomic E-state index is -1.11. The highest BCUT2D eigenvalue weighted by molar-refractivity contribution is 5.99. The first kappa shape index (κ1) is 18.3. The molecule has 0 amide bonds. The Morgan fingerprint density at radius 3 is 1.96 bits per heavy atom. The molecular weight excluding hydrogens is 298 g/mol. The summed E-state index contributed by atoms with van der Waals surface area (Å²) in [5.74, 6) is -1.11. The lowest BCUT2D eigenvalue weighted by atomic mass is 9.92. The number of aryl methyl sites for hydroxylation is 2. The maximum Gasteiger partial charge on any atom is 0.0720 e. The third-order valence-corrected chi connectivity index (χ3v) is 4.38. The second kappa shape index (κ2) is 5.80. The highest BCUT2D eigenvalue weighted by Gasteiger charge is 2.31. The van der Waals surface area contributed by atoms with Gasteiger partial charge in [-0.15, -0.1) is 0 Å². The van der Waals surface area contributed by atoms with E-state index in [1.165, 1.54) is 0 Å². The average molecular weight is 326 g/mol. The number of hydrogen-bond acceptors (Lipinski definition) is 3. The van der Waals surface area contributed by atoms with Crippen LogP contribution in [0, 0.1) is 13.8 Å². The largest absolute Gasteiger partial charge is 0.545 e. The fourth-order valence-electron chi connectivity index (χ4n) is 3.98. The molecule has 0 atom stereocenters. The summed E-state index contributed by atoms with van der Waals surface area (Å²) >= 11 is 0. The molecule has 0 heterocycles. The molecule has 0 radical (unpaired) electrons. The Hall–Kier alpha value is -2.03. The third kappa shape index (κ3) is 3.26. The van der Waals surface area contributed by atoms with Crippen molar-refractivity contribution >= 4 is 22.4 Å². The maximum atomic E-state index is 11.4. The van der Waals surface area contributed by atoms with Crippen LogP contribution in [0.5, 0.6) is 0 Å². The van der Waals surface area contributed by atoms with Crippen molar-refractivity contribution in [3.05, 3.63) is 41.0 Å². The van der Waals surface area contributed by atoms with Gasteiger partial charge in [-0.2, -0.15) is 0 Å². The fourth-order valence-corrected chi connectivity index (χ4v) is 3.98. The van der Waals surface area contributed by atoms with E-state index >= 15 is 0 Å². The number of carbonyl (C=O) groups is 1. The summed E-state index contributed by atoms with van der Waals surface area (Å²) < 4.78 is 0. The van der Waals surface area contributed by atoms with Gasteiger partial charge >= 0.3 is 0 Å². The zero-order valence-electron chi connectivity index (χ0n) is 16.1. The van der Waals surface area contributed by atoms with Crippen LogP contribution >= 0.6 is 0 Å². The monoisotopic (exact) mass is 326 g/mol. The smallest absolute Gasteiger partial charge is 0.0720 e. The van der Waals surface area contributed by atoms with Crippen LogP contribution in [-0.4, -0.2) is 17.0 Å². The number of hydrogen-bond donors (Lipinski definition) is 0. The van der Waals surface area contributed by atoms with Crippen LogP contribution in [0.4, 0.5) is 5.69 Å². The van der Waals surface area contributed by atoms with E-state index in [1.54, 1.807) is 0 Å². The number of carbonyl (C=O) groups excluding carboxylic acids is 1. The molecule has 0 bridgehead atoms. The van der Waals surface area contributed by atoms with Gasteiger partial charge in [0.1, 0.15) is 0 Å². The Kier molecular flexibility index (Phi) is 4.43. The van der Waals surface area contributed by atoms with Crippen LogP contribution in [0.3, 0.4) is 0 Å². The van der Waals surface area contributed by atoms with E-state index in [9.17, 15) is 9.90 Å². The Balaban J connectivity index is 2.72. The number of carboxylic acids is 1. The number of carboxylic acid groups (broad SMARTS) is 1. The molecule has 0 aromatic heterocycles. The van der Waals surface area contributed by atoms with Crippen molar-refractivity contribution in [1.82, 2.24) is 0 Å². The Morgan fingerprint density at radius 2 is 1.50 bits per heavy atom. The molecule has 0 aliphatic heterocycles. The van der Waals surface area contributed by atoms with Crippen molar-refractivity contribution in [1.29, 1.82) is 0 Å². The van der Waals surface area contributed by atoms with Crippen molar-refractivity contribution in [2.75, 3.05) is 4.90 Å². The predicted molar refractivity (Wildman–Crippen MR) is 99.7 cm³/mol.